The summed E-state index contributed by atoms with van der Waals surface area (Å²) in [5.41, 5.74) is 1.01. The van der Waals surface area contributed by atoms with Crippen molar-refractivity contribution in [1.29, 1.82) is 0 Å². The summed E-state index contributed by atoms with van der Waals surface area (Å²) in [6.07, 6.45) is 3.36. The summed E-state index contributed by atoms with van der Waals surface area (Å²) in [7, 11) is 1.34. The smallest absolute Gasteiger partial charge is 0.337 e. The zero-order valence-corrected chi connectivity index (χ0v) is 14.7. The fourth-order valence-electron chi connectivity index (χ4n) is 3.55. The first kappa shape index (κ1) is 17.9. The number of methoxy groups -OCH3 is 1. The highest BCUT2D eigenvalue weighted by atomic mass is 16.5. The maximum Gasteiger partial charge on any atom is 0.337 e. The van der Waals surface area contributed by atoms with E-state index in [1.807, 2.05) is 0 Å². The lowest BCUT2D eigenvalue weighted by molar-refractivity contribution is 0.0600. The third-order valence-corrected chi connectivity index (χ3v) is 5.19. The Balaban J connectivity index is 1.42. The van der Waals surface area contributed by atoms with Gasteiger partial charge < -0.3 is 14.8 Å². The molecule has 136 valence electrons. The fraction of sp³-hybridized carbons (Fsp3) is 0.579. The maximum absolute atomic E-state index is 12.3. The molecule has 25 heavy (non-hydrogen) atoms. The molecule has 2 saturated heterocycles. The first-order valence-corrected chi connectivity index (χ1v) is 8.95. The SMILES string of the molecule is COC(=O)c1ccc(C(=O)NCC2CCN([C@@H]3CCOC3)CC2)cc1. The van der Waals surface area contributed by atoms with Gasteiger partial charge in [0.15, 0.2) is 0 Å². The minimum atomic E-state index is -0.397. The fourth-order valence-corrected chi connectivity index (χ4v) is 3.55. The molecule has 1 aromatic carbocycles. The minimum absolute atomic E-state index is 0.0944. The van der Waals surface area contributed by atoms with Gasteiger partial charge in [0, 0.05) is 24.8 Å². The molecule has 6 nitrogen and oxygen atoms in total. The van der Waals surface area contributed by atoms with Gasteiger partial charge in [-0.25, -0.2) is 4.79 Å². The lowest BCUT2D eigenvalue weighted by Crippen LogP contribution is -2.43. The number of hydrogen-bond acceptors (Lipinski definition) is 5. The molecule has 0 aliphatic carbocycles. The van der Waals surface area contributed by atoms with E-state index in [1.54, 1.807) is 24.3 Å². The molecule has 1 atom stereocenters. The number of carbonyl (C=O) groups is 2. The molecule has 0 radical (unpaired) electrons. The summed E-state index contributed by atoms with van der Waals surface area (Å²) in [5.74, 6) is 0.0336. The van der Waals surface area contributed by atoms with Crippen LogP contribution in [0, 0.1) is 5.92 Å². The standard InChI is InChI=1S/C19H26N2O4/c1-24-19(23)16-4-2-15(3-5-16)18(22)20-12-14-6-9-21(10-7-14)17-8-11-25-13-17/h2-5,14,17H,6-13H2,1H3,(H,20,22)/t17-/m1/s1. The first-order valence-electron chi connectivity index (χ1n) is 8.95. The van der Waals surface area contributed by atoms with Gasteiger partial charge in [0.05, 0.1) is 19.3 Å². The Hall–Kier alpha value is -1.92. The van der Waals surface area contributed by atoms with E-state index in [2.05, 4.69) is 15.0 Å². The third kappa shape index (κ3) is 4.58. The molecule has 0 aromatic heterocycles. The number of esters is 1. The summed E-state index contributed by atoms with van der Waals surface area (Å²) < 4.78 is 10.1. The van der Waals surface area contributed by atoms with Gasteiger partial charge in [0.1, 0.15) is 0 Å². The van der Waals surface area contributed by atoms with Gasteiger partial charge >= 0.3 is 5.97 Å². The zero-order chi connectivity index (χ0) is 17.6. The number of amides is 1. The van der Waals surface area contributed by atoms with Gasteiger partial charge in [0.25, 0.3) is 5.91 Å². The van der Waals surface area contributed by atoms with Crippen molar-refractivity contribution in [2.24, 2.45) is 5.92 Å². The van der Waals surface area contributed by atoms with E-state index in [-0.39, 0.29) is 5.91 Å². The quantitative estimate of drug-likeness (QED) is 0.822. The molecule has 6 heteroatoms. The number of benzene rings is 1. The zero-order valence-electron chi connectivity index (χ0n) is 14.7. The van der Waals surface area contributed by atoms with Crippen molar-refractivity contribution in [3.63, 3.8) is 0 Å². The van der Waals surface area contributed by atoms with Crippen LogP contribution in [0.1, 0.15) is 40.0 Å². The van der Waals surface area contributed by atoms with Crippen molar-refractivity contribution in [2.45, 2.75) is 25.3 Å². The van der Waals surface area contributed by atoms with Crippen LogP contribution in [-0.2, 0) is 9.47 Å². The van der Waals surface area contributed by atoms with E-state index in [0.717, 1.165) is 45.6 Å². The van der Waals surface area contributed by atoms with Gasteiger partial charge in [-0.3, -0.25) is 9.69 Å². The lowest BCUT2D eigenvalue weighted by atomic mass is 9.95. The molecule has 3 rings (SSSR count). The number of piperidine rings is 1. The summed E-state index contributed by atoms with van der Waals surface area (Å²) >= 11 is 0. The summed E-state index contributed by atoms with van der Waals surface area (Å²) in [4.78, 5) is 26.2. The van der Waals surface area contributed by atoms with Crippen molar-refractivity contribution in [3.05, 3.63) is 35.4 Å². The molecular formula is C19H26N2O4. The maximum atomic E-state index is 12.3. The molecule has 1 amide bonds. The highest BCUT2D eigenvalue weighted by molar-refractivity contribution is 5.96. The topological polar surface area (TPSA) is 67.9 Å². The Bertz CT molecular complexity index is 588. The predicted octanol–water partition coefficient (Wildman–Crippen LogP) is 1.70. The van der Waals surface area contributed by atoms with Crippen molar-refractivity contribution >= 4 is 11.9 Å². The Morgan fingerprint density at radius 1 is 1.16 bits per heavy atom. The Labute approximate surface area is 148 Å². The second-order valence-corrected chi connectivity index (χ2v) is 6.78. The number of rotatable bonds is 5. The van der Waals surface area contributed by atoms with Crippen LogP contribution in [0.15, 0.2) is 24.3 Å². The predicted molar refractivity (Wildman–Crippen MR) is 93.6 cm³/mol. The van der Waals surface area contributed by atoms with Gasteiger partial charge in [-0.1, -0.05) is 0 Å². The van der Waals surface area contributed by atoms with Gasteiger partial charge in [-0.15, -0.1) is 0 Å². The highest BCUT2D eigenvalue weighted by Crippen LogP contribution is 2.22. The molecule has 0 saturated carbocycles. The summed E-state index contributed by atoms with van der Waals surface area (Å²) in [5, 5.41) is 3.02. The molecule has 2 aliphatic rings. The van der Waals surface area contributed by atoms with Crippen molar-refractivity contribution in [3.8, 4) is 0 Å². The molecule has 2 heterocycles. The number of nitrogens with zero attached hydrogens (tertiary/aromatic N) is 1. The highest BCUT2D eigenvalue weighted by Gasteiger charge is 2.27. The lowest BCUT2D eigenvalue weighted by Gasteiger charge is -2.35. The van der Waals surface area contributed by atoms with Crippen molar-refractivity contribution < 1.29 is 19.1 Å². The normalized spacial score (nSPS) is 21.9. The molecule has 2 fully saturated rings. The Kier molecular flexibility index (Phi) is 6.04. The van der Waals surface area contributed by atoms with Gasteiger partial charge in [-0.2, -0.15) is 0 Å². The first-order chi connectivity index (χ1) is 12.2. The van der Waals surface area contributed by atoms with Crippen LogP contribution >= 0.6 is 0 Å². The number of hydrogen-bond donors (Lipinski definition) is 1. The van der Waals surface area contributed by atoms with Gasteiger partial charge in [-0.05, 0) is 62.5 Å². The molecular weight excluding hydrogens is 320 g/mol. The van der Waals surface area contributed by atoms with Gasteiger partial charge in [0.2, 0.25) is 0 Å². The van der Waals surface area contributed by atoms with Crippen LogP contribution in [-0.4, -0.2) is 62.8 Å². The molecule has 1 N–H and O–H groups in total. The number of likely N-dealkylation sites (tertiary alicyclic amines) is 1. The van der Waals surface area contributed by atoms with E-state index < -0.39 is 5.97 Å². The molecule has 0 unspecified atom stereocenters. The Morgan fingerprint density at radius 3 is 2.44 bits per heavy atom. The van der Waals surface area contributed by atoms with Crippen LogP contribution in [0.25, 0.3) is 0 Å². The monoisotopic (exact) mass is 346 g/mol. The summed E-state index contributed by atoms with van der Waals surface area (Å²) in [6, 6.07) is 7.13. The van der Waals surface area contributed by atoms with Crippen LogP contribution < -0.4 is 5.32 Å². The molecule has 0 spiro atoms. The number of ether oxygens (including phenoxy) is 2. The van der Waals surface area contributed by atoms with E-state index in [9.17, 15) is 9.59 Å². The number of carbonyl (C=O) groups excluding carboxylic acids is 2. The second-order valence-electron chi connectivity index (χ2n) is 6.78. The largest absolute Gasteiger partial charge is 0.465 e. The van der Waals surface area contributed by atoms with Crippen molar-refractivity contribution in [1.82, 2.24) is 10.2 Å². The van der Waals surface area contributed by atoms with Crippen molar-refractivity contribution in [2.75, 3.05) is 40.0 Å². The third-order valence-electron chi connectivity index (χ3n) is 5.19. The van der Waals surface area contributed by atoms with Crippen LogP contribution in [0.5, 0.6) is 0 Å². The van der Waals surface area contributed by atoms with Crippen LogP contribution in [0.3, 0.4) is 0 Å². The Morgan fingerprint density at radius 2 is 1.84 bits per heavy atom. The molecule has 0 bridgehead atoms. The summed E-state index contributed by atoms with van der Waals surface area (Å²) in [6.45, 7) is 4.62. The van der Waals surface area contributed by atoms with E-state index in [4.69, 9.17) is 4.74 Å². The second kappa shape index (κ2) is 8.45. The van der Waals surface area contributed by atoms with Crippen LogP contribution in [0.4, 0.5) is 0 Å². The van der Waals surface area contributed by atoms with E-state index >= 15 is 0 Å². The van der Waals surface area contributed by atoms with E-state index in [1.165, 1.54) is 7.11 Å². The average Bonchev–Trinajstić information content (AvgIpc) is 3.21. The number of nitrogens with one attached hydrogen (secondary N) is 1. The minimum Gasteiger partial charge on any atom is -0.465 e. The van der Waals surface area contributed by atoms with Crippen LogP contribution in [0.2, 0.25) is 0 Å². The van der Waals surface area contributed by atoms with E-state index in [0.29, 0.717) is 29.6 Å². The molecule has 2 aliphatic heterocycles. The average molecular weight is 346 g/mol. The molecule has 1 aromatic rings.